The maximum Gasteiger partial charge on any atom is 0.306 e. The number of ether oxygens (including phenoxy) is 1. The van der Waals surface area contributed by atoms with E-state index in [4.69, 9.17) is 4.21 Å². The summed E-state index contributed by atoms with van der Waals surface area (Å²) in [6.07, 6.45) is 0.445. The van der Waals surface area contributed by atoms with Crippen LogP contribution in [0.1, 0.15) is 24.8 Å². The molecular formula is C11H14Cl2O3S. The summed E-state index contributed by atoms with van der Waals surface area (Å²) in [5.74, 6) is 0.0741. The summed E-state index contributed by atoms with van der Waals surface area (Å²) in [5.41, 5.74) is 1.17. The van der Waals surface area contributed by atoms with E-state index in [0.717, 1.165) is 0 Å². The molecule has 0 heterocycles. The molecule has 0 aliphatic rings. The molecule has 0 aliphatic carbocycles. The predicted octanol–water partition coefficient (Wildman–Crippen LogP) is 3.40. The summed E-state index contributed by atoms with van der Waals surface area (Å²) in [5, 5.41) is 0. The average Bonchev–Trinajstić information content (AvgIpc) is 2.29. The Morgan fingerprint density at radius 1 is 1.35 bits per heavy atom. The molecule has 0 bridgehead atoms. The first-order chi connectivity index (χ1) is 7.97. The largest absolute Gasteiger partial charge is 0.469 e. The van der Waals surface area contributed by atoms with Gasteiger partial charge in [-0.05, 0) is 11.5 Å². The Morgan fingerprint density at radius 2 is 1.82 bits per heavy atom. The number of carbonyl (C=O) groups is 1. The molecule has 0 spiro atoms. The van der Waals surface area contributed by atoms with Crippen LogP contribution in [0.4, 0.5) is 0 Å². The van der Waals surface area contributed by atoms with E-state index in [9.17, 15) is 4.79 Å². The van der Waals surface area contributed by atoms with Crippen molar-refractivity contribution in [2.24, 2.45) is 0 Å². The van der Waals surface area contributed by atoms with Crippen molar-refractivity contribution in [3.8, 4) is 0 Å². The van der Waals surface area contributed by atoms with E-state index in [2.05, 4.69) is 26.1 Å². The molecule has 0 fully saturated rings. The molecule has 1 aromatic rings. The van der Waals surface area contributed by atoms with E-state index < -0.39 is 9.23 Å². The molecule has 0 saturated heterocycles. The molecule has 1 atom stereocenters. The van der Waals surface area contributed by atoms with Gasteiger partial charge in [-0.25, -0.2) is 4.21 Å². The number of hydrogen-bond donors (Lipinski definition) is 0. The van der Waals surface area contributed by atoms with E-state index in [-0.39, 0.29) is 11.9 Å². The first-order valence-corrected chi connectivity index (χ1v) is 7.63. The van der Waals surface area contributed by atoms with Gasteiger partial charge in [0.25, 0.3) is 0 Å². The van der Waals surface area contributed by atoms with Gasteiger partial charge in [-0.1, -0.05) is 37.3 Å². The van der Waals surface area contributed by atoms with Crippen molar-refractivity contribution >= 4 is 36.6 Å². The lowest BCUT2D eigenvalue weighted by atomic mass is 9.98. The number of carbonyl (C=O) groups excluding carboxylic acids is 1. The van der Waals surface area contributed by atoms with Crippen molar-refractivity contribution in [3.63, 3.8) is 0 Å². The lowest BCUT2D eigenvalue weighted by molar-refractivity contribution is -0.140. The fraction of sp³-hybridized carbons (Fsp3) is 0.364. The highest BCUT2D eigenvalue weighted by atomic mass is 36.0. The molecule has 96 valence electrons. The van der Waals surface area contributed by atoms with Crippen LogP contribution >= 0.6 is 21.4 Å². The van der Waals surface area contributed by atoms with Crippen LogP contribution in [0, 0.1) is 0 Å². The zero-order chi connectivity index (χ0) is 13.3. The van der Waals surface area contributed by atoms with Gasteiger partial charge in [0.1, 0.15) is 0 Å². The number of hydrogen-bond acceptors (Lipinski definition) is 3. The van der Waals surface area contributed by atoms with Crippen LogP contribution in [0.5, 0.6) is 0 Å². The van der Waals surface area contributed by atoms with Crippen molar-refractivity contribution in [1.29, 1.82) is 0 Å². The molecule has 0 saturated carbocycles. The molecule has 1 aromatic carbocycles. The first kappa shape index (κ1) is 16.4. The van der Waals surface area contributed by atoms with Crippen LogP contribution in [0.25, 0.3) is 0 Å². The van der Waals surface area contributed by atoms with Crippen LogP contribution in [0.15, 0.2) is 30.3 Å². The van der Waals surface area contributed by atoms with Crippen molar-refractivity contribution in [1.82, 2.24) is 0 Å². The summed E-state index contributed by atoms with van der Waals surface area (Å²) in [6.45, 7) is 2.02. The van der Waals surface area contributed by atoms with Gasteiger partial charge in [0.2, 0.25) is 9.23 Å². The van der Waals surface area contributed by atoms with Gasteiger partial charge in [0, 0.05) is 21.4 Å². The van der Waals surface area contributed by atoms with Gasteiger partial charge < -0.3 is 4.74 Å². The third kappa shape index (κ3) is 9.15. The number of esters is 1. The highest BCUT2D eigenvalue weighted by molar-refractivity contribution is 8.26. The Labute approximate surface area is 113 Å². The molecule has 1 unspecified atom stereocenters. The van der Waals surface area contributed by atoms with Crippen LogP contribution in [-0.4, -0.2) is 17.3 Å². The van der Waals surface area contributed by atoms with Gasteiger partial charge in [0.05, 0.1) is 13.5 Å². The van der Waals surface area contributed by atoms with Gasteiger partial charge in [-0.15, -0.1) is 0 Å². The lowest BCUT2D eigenvalue weighted by Crippen LogP contribution is -2.05. The molecular weight excluding hydrogens is 283 g/mol. The molecule has 0 N–H and O–H groups in total. The standard InChI is InChI=1S/C11H14O2.Cl2OS/c1-9(8-11(12)13-2)10-6-4-3-5-7-10;1-4(2)3/h3-7,9H,8H2,1-2H3;. The summed E-state index contributed by atoms with van der Waals surface area (Å²) >= 11 is 0. The lowest BCUT2D eigenvalue weighted by Gasteiger charge is -2.09. The highest BCUT2D eigenvalue weighted by Crippen LogP contribution is 2.18. The number of benzene rings is 1. The minimum absolute atomic E-state index is 0.156. The quantitative estimate of drug-likeness (QED) is 0.634. The molecule has 6 heteroatoms. The third-order valence-corrected chi connectivity index (χ3v) is 2.07. The van der Waals surface area contributed by atoms with Crippen LogP contribution in [0.3, 0.4) is 0 Å². The second-order valence-electron chi connectivity index (χ2n) is 3.28. The first-order valence-electron chi connectivity index (χ1n) is 4.83. The van der Waals surface area contributed by atoms with Gasteiger partial charge in [-0.2, -0.15) is 0 Å². The monoisotopic (exact) mass is 296 g/mol. The molecule has 0 radical (unpaired) electrons. The number of methoxy groups -OCH3 is 1. The molecule has 3 nitrogen and oxygen atoms in total. The maximum atomic E-state index is 11.0. The zero-order valence-corrected chi connectivity index (χ0v) is 11.9. The Balaban J connectivity index is 0.000000557. The van der Waals surface area contributed by atoms with E-state index >= 15 is 0 Å². The van der Waals surface area contributed by atoms with Crippen molar-refractivity contribution in [2.75, 3.05) is 7.11 Å². The second kappa shape index (κ2) is 9.45. The van der Waals surface area contributed by atoms with E-state index in [1.54, 1.807) is 0 Å². The Morgan fingerprint density at radius 3 is 2.24 bits per heavy atom. The fourth-order valence-electron chi connectivity index (χ4n) is 1.23. The van der Waals surface area contributed by atoms with Crippen LogP contribution in [-0.2, 0) is 18.8 Å². The van der Waals surface area contributed by atoms with Crippen molar-refractivity contribution < 1.29 is 13.7 Å². The van der Waals surface area contributed by atoms with Gasteiger partial charge >= 0.3 is 5.97 Å². The molecule has 0 aromatic heterocycles. The van der Waals surface area contributed by atoms with Crippen molar-refractivity contribution in [2.45, 2.75) is 19.3 Å². The third-order valence-electron chi connectivity index (χ3n) is 2.07. The Hall–Kier alpha value is -0.580. The van der Waals surface area contributed by atoms with Gasteiger partial charge in [-0.3, -0.25) is 4.79 Å². The van der Waals surface area contributed by atoms with Crippen molar-refractivity contribution in [3.05, 3.63) is 35.9 Å². The van der Waals surface area contributed by atoms with E-state index in [1.165, 1.54) is 12.7 Å². The summed E-state index contributed by atoms with van der Waals surface area (Å²) in [4.78, 5) is 11.0. The average molecular weight is 297 g/mol. The second-order valence-corrected chi connectivity index (χ2v) is 5.80. The Bertz CT molecular complexity index is 353. The molecule has 0 amide bonds. The molecule has 17 heavy (non-hydrogen) atoms. The van der Waals surface area contributed by atoms with Crippen LogP contribution < -0.4 is 0 Å². The Kier molecular flexibility index (Phi) is 9.13. The topological polar surface area (TPSA) is 43.4 Å². The molecule has 1 rings (SSSR count). The highest BCUT2D eigenvalue weighted by Gasteiger charge is 2.10. The normalized spacial score (nSPS) is 11.4. The fourth-order valence-corrected chi connectivity index (χ4v) is 1.23. The van der Waals surface area contributed by atoms with Crippen LogP contribution in [0.2, 0.25) is 0 Å². The number of rotatable bonds is 3. The summed E-state index contributed by atoms with van der Waals surface area (Å²) in [6, 6.07) is 9.96. The number of halogens is 2. The smallest absolute Gasteiger partial charge is 0.306 e. The zero-order valence-electron chi connectivity index (χ0n) is 9.56. The minimum atomic E-state index is -1.67. The summed E-state index contributed by atoms with van der Waals surface area (Å²) < 4.78 is 13.7. The van der Waals surface area contributed by atoms with Gasteiger partial charge in [0.15, 0.2) is 0 Å². The summed E-state index contributed by atoms with van der Waals surface area (Å²) in [7, 11) is 8.77. The maximum absolute atomic E-state index is 11.0. The van der Waals surface area contributed by atoms with E-state index in [0.29, 0.717) is 6.42 Å². The minimum Gasteiger partial charge on any atom is -0.469 e. The van der Waals surface area contributed by atoms with E-state index in [1.807, 2.05) is 37.3 Å². The SMILES string of the molecule is COC(=O)CC(C)c1ccccc1.O=S(Cl)Cl. The molecule has 0 aliphatic heterocycles. The predicted molar refractivity (Wildman–Crippen MR) is 71.3 cm³/mol.